The van der Waals surface area contributed by atoms with Gasteiger partial charge in [-0.05, 0) is 43.3 Å². The first-order chi connectivity index (χ1) is 13.1. The lowest BCUT2D eigenvalue weighted by molar-refractivity contribution is 0.0962. The fourth-order valence-corrected chi connectivity index (χ4v) is 3.50. The van der Waals surface area contributed by atoms with Crippen molar-refractivity contribution in [1.29, 1.82) is 0 Å². The van der Waals surface area contributed by atoms with Gasteiger partial charge in [0.25, 0.3) is 0 Å². The van der Waals surface area contributed by atoms with Crippen molar-refractivity contribution in [3.8, 4) is 5.75 Å². The van der Waals surface area contributed by atoms with Gasteiger partial charge in [0.2, 0.25) is 0 Å². The number of piperazine rings is 1. The number of anilines is 2. The van der Waals surface area contributed by atoms with E-state index in [4.69, 9.17) is 22.1 Å². The summed E-state index contributed by atoms with van der Waals surface area (Å²) >= 11 is 6.08. The van der Waals surface area contributed by atoms with Crippen LogP contribution in [0.5, 0.6) is 5.75 Å². The smallest absolute Gasteiger partial charge is 0.164 e. The van der Waals surface area contributed by atoms with E-state index in [-0.39, 0.29) is 5.78 Å². The highest BCUT2D eigenvalue weighted by Gasteiger charge is 2.18. The molecule has 1 fully saturated rings. The monoisotopic (exact) mass is 387 g/mol. The van der Waals surface area contributed by atoms with Crippen LogP contribution in [0.4, 0.5) is 11.4 Å². The Kier molecular flexibility index (Phi) is 6.58. The number of benzene rings is 2. The van der Waals surface area contributed by atoms with Gasteiger partial charge >= 0.3 is 0 Å². The first-order valence-electron chi connectivity index (χ1n) is 9.35. The minimum Gasteiger partial charge on any atom is -0.492 e. The van der Waals surface area contributed by atoms with E-state index in [2.05, 4.69) is 15.9 Å². The zero-order chi connectivity index (χ0) is 19.2. The third-order valence-electron chi connectivity index (χ3n) is 4.83. The Balaban J connectivity index is 1.48. The Morgan fingerprint density at radius 3 is 2.59 bits per heavy atom. The largest absolute Gasteiger partial charge is 0.492 e. The lowest BCUT2D eigenvalue weighted by Gasteiger charge is -2.36. The molecule has 1 aliphatic heterocycles. The number of carbonyl (C=O) groups excluding carboxylic acids is 1. The number of Topliss-reactive ketones (excluding diaryl/α,β-unsaturated/α-hetero) is 1. The number of nitrogens with two attached hydrogens (primary N) is 1. The van der Waals surface area contributed by atoms with Crippen molar-refractivity contribution in [2.75, 3.05) is 50.0 Å². The number of halogens is 1. The minimum absolute atomic E-state index is 0.113. The molecule has 1 aliphatic rings. The molecule has 2 N–H and O–H groups in total. The fraction of sp³-hybridized carbons (Fsp3) is 0.381. The van der Waals surface area contributed by atoms with E-state index in [1.807, 2.05) is 25.1 Å². The molecule has 5 nitrogen and oxygen atoms in total. The molecule has 0 amide bonds. The minimum atomic E-state index is 0.113. The van der Waals surface area contributed by atoms with Gasteiger partial charge < -0.3 is 15.4 Å². The van der Waals surface area contributed by atoms with Crippen LogP contribution in [0.1, 0.15) is 23.7 Å². The van der Waals surface area contributed by atoms with Crippen molar-refractivity contribution in [2.24, 2.45) is 0 Å². The standard InChI is InChI=1S/C21H26ClN3O2/c1-2-27-21-7-6-16(14-19(21)23)20(26)8-9-24-10-12-25(13-11-24)18-5-3-4-17(22)15-18/h3-7,14-15H,2,8-13,23H2,1H3. The normalized spacial score (nSPS) is 15.0. The highest BCUT2D eigenvalue weighted by molar-refractivity contribution is 6.30. The Morgan fingerprint density at radius 1 is 1.15 bits per heavy atom. The van der Waals surface area contributed by atoms with Gasteiger partial charge in [-0.3, -0.25) is 9.69 Å². The van der Waals surface area contributed by atoms with E-state index in [9.17, 15) is 4.79 Å². The summed E-state index contributed by atoms with van der Waals surface area (Å²) in [5.41, 5.74) is 8.28. The molecule has 0 unspecified atom stereocenters. The van der Waals surface area contributed by atoms with Gasteiger partial charge in [-0.25, -0.2) is 0 Å². The van der Waals surface area contributed by atoms with Gasteiger partial charge in [0.15, 0.2) is 5.78 Å². The molecule has 6 heteroatoms. The van der Waals surface area contributed by atoms with E-state index in [1.165, 1.54) is 0 Å². The average Bonchev–Trinajstić information content (AvgIpc) is 2.68. The van der Waals surface area contributed by atoms with Crippen LogP contribution < -0.4 is 15.4 Å². The lowest BCUT2D eigenvalue weighted by atomic mass is 10.1. The van der Waals surface area contributed by atoms with Crippen LogP contribution in [0.15, 0.2) is 42.5 Å². The van der Waals surface area contributed by atoms with Crippen LogP contribution in [-0.2, 0) is 0 Å². The number of nitrogens with zero attached hydrogens (tertiary/aromatic N) is 2. The molecule has 0 spiro atoms. The van der Waals surface area contributed by atoms with Gasteiger partial charge in [0.05, 0.1) is 12.3 Å². The van der Waals surface area contributed by atoms with Crippen molar-refractivity contribution in [2.45, 2.75) is 13.3 Å². The molecule has 1 heterocycles. The Morgan fingerprint density at radius 2 is 1.93 bits per heavy atom. The second-order valence-electron chi connectivity index (χ2n) is 6.67. The van der Waals surface area contributed by atoms with Gasteiger partial charge in [-0.1, -0.05) is 17.7 Å². The van der Waals surface area contributed by atoms with Crippen LogP contribution in [0, 0.1) is 0 Å². The number of nitrogen functional groups attached to an aromatic ring is 1. The lowest BCUT2D eigenvalue weighted by Crippen LogP contribution is -2.46. The number of hydrogen-bond donors (Lipinski definition) is 1. The molecule has 2 aromatic carbocycles. The molecular formula is C21H26ClN3O2. The number of ether oxygens (including phenoxy) is 1. The van der Waals surface area contributed by atoms with Crippen LogP contribution in [0.25, 0.3) is 0 Å². The average molecular weight is 388 g/mol. The van der Waals surface area contributed by atoms with Crippen molar-refractivity contribution < 1.29 is 9.53 Å². The van der Waals surface area contributed by atoms with Crippen LogP contribution >= 0.6 is 11.6 Å². The van der Waals surface area contributed by atoms with E-state index >= 15 is 0 Å². The van der Waals surface area contributed by atoms with E-state index in [0.29, 0.717) is 30.0 Å². The number of hydrogen-bond acceptors (Lipinski definition) is 5. The number of carbonyl (C=O) groups is 1. The second-order valence-corrected chi connectivity index (χ2v) is 7.10. The topological polar surface area (TPSA) is 58.8 Å². The Bertz CT molecular complexity index is 789. The van der Waals surface area contributed by atoms with Crippen LogP contribution in [0.2, 0.25) is 5.02 Å². The molecule has 0 atom stereocenters. The zero-order valence-electron chi connectivity index (χ0n) is 15.7. The Hall–Kier alpha value is -2.24. The quantitative estimate of drug-likeness (QED) is 0.579. The molecule has 0 saturated carbocycles. The van der Waals surface area contributed by atoms with Gasteiger partial charge in [-0.2, -0.15) is 0 Å². The molecule has 0 bridgehead atoms. The summed E-state index contributed by atoms with van der Waals surface area (Å²) in [5.74, 6) is 0.744. The van der Waals surface area contributed by atoms with E-state index < -0.39 is 0 Å². The molecule has 0 radical (unpaired) electrons. The maximum atomic E-state index is 12.5. The maximum absolute atomic E-state index is 12.5. The molecule has 1 saturated heterocycles. The first kappa shape index (κ1) is 19.5. The summed E-state index contributed by atoms with van der Waals surface area (Å²) in [7, 11) is 0. The van der Waals surface area contributed by atoms with E-state index in [0.717, 1.165) is 43.4 Å². The maximum Gasteiger partial charge on any atom is 0.164 e. The molecule has 0 aliphatic carbocycles. The van der Waals surface area contributed by atoms with Crippen molar-refractivity contribution in [3.63, 3.8) is 0 Å². The van der Waals surface area contributed by atoms with Crippen LogP contribution in [0.3, 0.4) is 0 Å². The highest BCUT2D eigenvalue weighted by atomic mass is 35.5. The summed E-state index contributed by atoms with van der Waals surface area (Å²) in [6.07, 6.45) is 0.491. The molecule has 3 rings (SSSR count). The van der Waals surface area contributed by atoms with Crippen molar-refractivity contribution in [1.82, 2.24) is 4.90 Å². The molecule has 27 heavy (non-hydrogen) atoms. The Labute approximate surface area is 165 Å². The summed E-state index contributed by atoms with van der Waals surface area (Å²) in [6.45, 7) is 6.96. The zero-order valence-corrected chi connectivity index (χ0v) is 16.4. The number of ketones is 1. The SMILES string of the molecule is CCOc1ccc(C(=O)CCN2CCN(c3cccc(Cl)c3)CC2)cc1N. The summed E-state index contributed by atoms with van der Waals surface area (Å²) in [5, 5.41) is 0.759. The molecular weight excluding hydrogens is 362 g/mol. The van der Waals surface area contributed by atoms with Gasteiger partial charge in [0.1, 0.15) is 5.75 Å². The molecule has 0 aromatic heterocycles. The number of rotatable bonds is 7. The van der Waals surface area contributed by atoms with Gasteiger partial charge in [-0.15, -0.1) is 0 Å². The highest BCUT2D eigenvalue weighted by Crippen LogP contribution is 2.24. The summed E-state index contributed by atoms with van der Waals surface area (Å²) in [6, 6.07) is 13.2. The predicted molar refractivity (Wildman–Crippen MR) is 111 cm³/mol. The van der Waals surface area contributed by atoms with E-state index in [1.54, 1.807) is 18.2 Å². The summed E-state index contributed by atoms with van der Waals surface area (Å²) < 4.78 is 5.42. The predicted octanol–water partition coefficient (Wildman–Crippen LogP) is 3.72. The molecule has 144 valence electrons. The second kappa shape index (κ2) is 9.11. The first-order valence-corrected chi connectivity index (χ1v) is 9.73. The third kappa shape index (κ3) is 5.15. The fourth-order valence-electron chi connectivity index (χ4n) is 3.32. The van der Waals surface area contributed by atoms with Crippen molar-refractivity contribution >= 4 is 28.8 Å². The third-order valence-corrected chi connectivity index (χ3v) is 5.07. The van der Waals surface area contributed by atoms with Crippen LogP contribution in [-0.4, -0.2) is 50.0 Å². The molecule has 2 aromatic rings. The van der Waals surface area contributed by atoms with Gasteiger partial charge in [0, 0.05) is 55.4 Å². The van der Waals surface area contributed by atoms with Crippen molar-refractivity contribution in [3.05, 3.63) is 53.1 Å². The summed E-state index contributed by atoms with van der Waals surface area (Å²) in [4.78, 5) is 17.1.